The van der Waals surface area contributed by atoms with Gasteiger partial charge >= 0.3 is 0 Å². The van der Waals surface area contributed by atoms with Gasteiger partial charge in [0.25, 0.3) is 0 Å². The van der Waals surface area contributed by atoms with E-state index >= 15 is 0 Å². The molecule has 3 heterocycles. The van der Waals surface area contributed by atoms with Crippen LogP contribution in [0.2, 0.25) is 0 Å². The van der Waals surface area contributed by atoms with Gasteiger partial charge < -0.3 is 15.1 Å². The quantitative estimate of drug-likeness (QED) is 0.796. The van der Waals surface area contributed by atoms with Crippen LogP contribution in [0.5, 0.6) is 0 Å². The Morgan fingerprint density at radius 2 is 2.19 bits per heavy atom. The number of carbonyl (C=O) groups excluding carboxylic acids is 2. The van der Waals surface area contributed by atoms with E-state index in [1.807, 2.05) is 20.8 Å². The summed E-state index contributed by atoms with van der Waals surface area (Å²) in [6, 6.07) is -0.0692. The standard InChI is InChI=1S/C18H27N5O3/c1-10(2)16-22-21-14(26-16)7-12-8-19-15(24)13-6-11(9-23(12)13)20-17(25)18(3)4-5-18/h10-13H,4-9H2,1-3H3,(H,19,24)(H,20,25)/t11-,12+,13-/m0/s1. The number of carbonyl (C=O) groups is 2. The van der Waals surface area contributed by atoms with Crippen LogP contribution in [-0.2, 0) is 16.0 Å². The minimum absolute atomic E-state index is 0.0187. The van der Waals surface area contributed by atoms with E-state index in [0.29, 0.717) is 37.7 Å². The highest BCUT2D eigenvalue weighted by atomic mass is 16.4. The van der Waals surface area contributed by atoms with Crippen LogP contribution >= 0.6 is 0 Å². The van der Waals surface area contributed by atoms with Crippen molar-refractivity contribution in [2.24, 2.45) is 5.41 Å². The maximum atomic E-state index is 12.3. The van der Waals surface area contributed by atoms with E-state index in [-0.39, 0.29) is 41.3 Å². The molecule has 1 aromatic rings. The number of piperazine rings is 1. The predicted octanol–water partition coefficient (Wildman–Crippen LogP) is 0.593. The van der Waals surface area contributed by atoms with Crippen LogP contribution in [0.25, 0.3) is 0 Å². The molecule has 1 aliphatic carbocycles. The van der Waals surface area contributed by atoms with Gasteiger partial charge in [-0.15, -0.1) is 10.2 Å². The molecule has 3 fully saturated rings. The molecule has 4 rings (SSSR count). The van der Waals surface area contributed by atoms with Crippen molar-refractivity contribution in [1.82, 2.24) is 25.7 Å². The molecule has 2 N–H and O–H groups in total. The lowest BCUT2D eigenvalue weighted by Gasteiger charge is -2.36. The lowest BCUT2D eigenvalue weighted by Crippen LogP contribution is -2.58. The molecule has 2 aliphatic heterocycles. The van der Waals surface area contributed by atoms with Crippen molar-refractivity contribution in [3.05, 3.63) is 11.8 Å². The summed E-state index contributed by atoms with van der Waals surface area (Å²) in [4.78, 5) is 26.8. The van der Waals surface area contributed by atoms with Gasteiger partial charge in [0.2, 0.25) is 23.6 Å². The minimum Gasteiger partial charge on any atom is -0.425 e. The highest BCUT2D eigenvalue weighted by molar-refractivity contribution is 5.86. The number of hydrogen-bond donors (Lipinski definition) is 2. The van der Waals surface area contributed by atoms with Crippen molar-refractivity contribution in [3.8, 4) is 0 Å². The fraction of sp³-hybridized carbons (Fsp3) is 0.778. The van der Waals surface area contributed by atoms with E-state index in [9.17, 15) is 9.59 Å². The Balaban J connectivity index is 1.42. The van der Waals surface area contributed by atoms with Crippen molar-refractivity contribution < 1.29 is 14.0 Å². The molecule has 0 bridgehead atoms. The molecular formula is C18H27N5O3. The molecule has 0 unspecified atom stereocenters. The average Bonchev–Trinajstić information content (AvgIpc) is 3.01. The molecular weight excluding hydrogens is 334 g/mol. The van der Waals surface area contributed by atoms with E-state index in [1.165, 1.54) is 0 Å². The fourth-order valence-corrected chi connectivity index (χ4v) is 3.83. The maximum absolute atomic E-state index is 12.3. The normalized spacial score (nSPS) is 30.2. The molecule has 8 nitrogen and oxygen atoms in total. The van der Waals surface area contributed by atoms with Crippen molar-refractivity contribution in [2.45, 2.75) is 70.5 Å². The smallest absolute Gasteiger partial charge is 0.237 e. The zero-order chi connectivity index (χ0) is 18.5. The molecule has 0 spiro atoms. The highest BCUT2D eigenvalue weighted by Crippen LogP contribution is 2.45. The number of nitrogens with one attached hydrogen (secondary N) is 2. The van der Waals surface area contributed by atoms with Gasteiger partial charge in [-0.25, -0.2) is 0 Å². The first-order valence-electron chi connectivity index (χ1n) is 9.52. The second kappa shape index (κ2) is 6.33. The van der Waals surface area contributed by atoms with Gasteiger partial charge in [-0.05, 0) is 19.3 Å². The maximum Gasteiger partial charge on any atom is 0.237 e. The van der Waals surface area contributed by atoms with E-state index in [1.54, 1.807) is 0 Å². The van der Waals surface area contributed by atoms with Crippen LogP contribution in [0.15, 0.2) is 4.42 Å². The summed E-state index contributed by atoms with van der Waals surface area (Å²) in [5, 5.41) is 14.4. The van der Waals surface area contributed by atoms with Gasteiger partial charge in [0.05, 0.1) is 6.04 Å². The van der Waals surface area contributed by atoms with Crippen molar-refractivity contribution in [2.75, 3.05) is 13.1 Å². The van der Waals surface area contributed by atoms with Crippen molar-refractivity contribution in [1.29, 1.82) is 0 Å². The number of rotatable bonds is 5. The molecule has 26 heavy (non-hydrogen) atoms. The van der Waals surface area contributed by atoms with Crippen molar-refractivity contribution in [3.63, 3.8) is 0 Å². The summed E-state index contributed by atoms with van der Waals surface area (Å²) >= 11 is 0. The molecule has 1 aromatic heterocycles. The van der Waals surface area contributed by atoms with Gasteiger partial charge in [-0.1, -0.05) is 20.8 Å². The highest BCUT2D eigenvalue weighted by Gasteiger charge is 2.48. The topological polar surface area (TPSA) is 100 Å². The second-order valence-electron chi connectivity index (χ2n) is 8.47. The Labute approximate surface area is 153 Å². The Kier molecular flexibility index (Phi) is 4.25. The zero-order valence-corrected chi connectivity index (χ0v) is 15.6. The molecule has 3 atom stereocenters. The van der Waals surface area contributed by atoms with Gasteiger partial charge in [0.1, 0.15) is 0 Å². The van der Waals surface area contributed by atoms with E-state index < -0.39 is 0 Å². The largest absolute Gasteiger partial charge is 0.425 e. The summed E-state index contributed by atoms with van der Waals surface area (Å²) in [6.45, 7) is 7.29. The van der Waals surface area contributed by atoms with Crippen molar-refractivity contribution >= 4 is 11.8 Å². The lowest BCUT2D eigenvalue weighted by molar-refractivity contribution is -0.129. The van der Waals surface area contributed by atoms with Crippen LogP contribution in [0.4, 0.5) is 0 Å². The number of nitrogens with zero attached hydrogens (tertiary/aromatic N) is 3. The summed E-state index contributed by atoms with van der Waals surface area (Å²) in [5.74, 6) is 1.61. The van der Waals surface area contributed by atoms with Gasteiger partial charge in [0.15, 0.2) is 0 Å². The third-order valence-electron chi connectivity index (χ3n) is 5.89. The number of aromatic nitrogens is 2. The van der Waals surface area contributed by atoms with Crippen LogP contribution in [-0.4, -0.2) is 58.1 Å². The summed E-state index contributed by atoms with van der Waals surface area (Å²) in [5.41, 5.74) is -0.193. The Hall–Kier alpha value is -1.96. The molecule has 1 saturated carbocycles. The monoisotopic (exact) mass is 361 g/mol. The van der Waals surface area contributed by atoms with Crippen LogP contribution in [0.3, 0.4) is 0 Å². The number of fused-ring (bicyclic) bond motifs is 1. The first-order valence-corrected chi connectivity index (χ1v) is 9.52. The Morgan fingerprint density at radius 1 is 1.42 bits per heavy atom. The van der Waals surface area contributed by atoms with E-state index in [0.717, 1.165) is 12.8 Å². The van der Waals surface area contributed by atoms with Gasteiger partial charge in [0, 0.05) is 42.9 Å². The Morgan fingerprint density at radius 3 is 2.85 bits per heavy atom. The number of hydrogen-bond acceptors (Lipinski definition) is 6. The third-order valence-corrected chi connectivity index (χ3v) is 5.89. The first-order chi connectivity index (χ1) is 12.4. The molecule has 0 aromatic carbocycles. The third kappa shape index (κ3) is 3.22. The molecule has 2 saturated heterocycles. The zero-order valence-electron chi connectivity index (χ0n) is 15.6. The minimum atomic E-state index is -0.196. The molecule has 142 valence electrons. The SMILES string of the molecule is CC(C)c1nnc(C[C@@H]2CNC(=O)[C@@H]3C[C@H](NC(=O)C4(C)CC4)CN23)o1. The summed E-state index contributed by atoms with van der Waals surface area (Å²) in [7, 11) is 0. The summed E-state index contributed by atoms with van der Waals surface area (Å²) in [6.07, 6.45) is 3.18. The lowest BCUT2D eigenvalue weighted by atomic mass is 10.0. The van der Waals surface area contributed by atoms with Gasteiger partial charge in [-0.2, -0.15) is 0 Å². The van der Waals surface area contributed by atoms with E-state index in [2.05, 4.69) is 25.7 Å². The van der Waals surface area contributed by atoms with Crippen LogP contribution in [0.1, 0.15) is 57.7 Å². The molecule has 2 amide bonds. The van der Waals surface area contributed by atoms with Gasteiger partial charge in [-0.3, -0.25) is 14.5 Å². The van der Waals surface area contributed by atoms with Crippen LogP contribution < -0.4 is 10.6 Å². The molecule has 3 aliphatic rings. The molecule has 8 heteroatoms. The molecule has 0 radical (unpaired) electrons. The second-order valence-corrected chi connectivity index (χ2v) is 8.47. The van der Waals surface area contributed by atoms with E-state index in [4.69, 9.17) is 4.42 Å². The fourth-order valence-electron chi connectivity index (χ4n) is 3.83. The Bertz CT molecular complexity index is 711. The van der Waals surface area contributed by atoms with Crippen LogP contribution in [0, 0.1) is 5.41 Å². The first kappa shape index (κ1) is 17.5. The average molecular weight is 361 g/mol. The predicted molar refractivity (Wildman–Crippen MR) is 93.3 cm³/mol. The number of amides is 2. The summed E-state index contributed by atoms with van der Waals surface area (Å²) < 4.78 is 5.74.